The summed E-state index contributed by atoms with van der Waals surface area (Å²) in [6, 6.07) is 10.4. The molecule has 9 heteroatoms. The van der Waals surface area contributed by atoms with E-state index in [4.69, 9.17) is 4.42 Å². The normalized spacial score (nSPS) is 23.3. The maximum absolute atomic E-state index is 15.0. The molecule has 1 aliphatic heterocycles. The summed E-state index contributed by atoms with van der Waals surface area (Å²) in [4.78, 5) is 3.99. The quantitative estimate of drug-likeness (QED) is 0.540. The number of rotatable bonds is 7. The van der Waals surface area contributed by atoms with Crippen LogP contribution >= 0.6 is 0 Å². The Bertz CT molecular complexity index is 1190. The Morgan fingerprint density at radius 2 is 1.97 bits per heavy atom. The number of nitrogens with zero attached hydrogens (tertiary/aromatic N) is 1. The van der Waals surface area contributed by atoms with Crippen molar-refractivity contribution in [1.82, 2.24) is 15.6 Å². The number of nitrogens with one attached hydrogen (secondary N) is 2. The molecule has 0 spiro atoms. The van der Waals surface area contributed by atoms with Crippen LogP contribution in [0.25, 0.3) is 0 Å². The van der Waals surface area contributed by atoms with Crippen LogP contribution in [0.4, 0.5) is 8.78 Å². The third kappa shape index (κ3) is 5.00. The lowest BCUT2D eigenvalue weighted by atomic mass is 9.99. The zero-order valence-corrected chi connectivity index (χ0v) is 19.3. The fraction of sp³-hybridized carbons (Fsp3) is 0.375. The van der Waals surface area contributed by atoms with Crippen molar-refractivity contribution in [3.05, 3.63) is 89.1 Å². The van der Waals surface area contributed by atoms with Gasteiger partial charge in [-0.2, -0.15) is 0 Å². The van der Waals surface area contributed by atoms with E-state index < -0.39 is 38.0 Å². The Kier molecular flexibility index (Phi) is 6.92. The first-order valence-corrected chi connectivity index (χ1v) is 12.5. The van der Waals surface area contributed by atoms with E-state index in [1.807, 2.05) is 6.07 Å². The van der Waals surface area contributed by atoms with Crippen molar-refractivity contribution >= 4 is 9.84 Å². The fourth-order valence-corrected chi connectivity index (χ4v) is 6.67. The Labute approximate surface area is 192 Å². The molecule has 0 radical (unpaired) electrons. The summed E-state index contributed by atoms with van der Waals surface area (Å²) in [5, 5.41) is 4.71. The molecule has 4 rings (SSSR count). The molecule has 2 unspecified atom stereocenters. The molecular formula is C24H27F2N3O3S. The van der Waals surface area contributed by atoms with E-state index in [1.54, 1.807) is 38.1 Å². The summed E-state index contributed by atoms with van der Waals surface area (Å²) in [7, 11) is -3.63. The average molecular weight is 476 g/mol. The molecule has 2 aromatic carbocycles. The van der Waals surface area contributed by atoms with Gasteiger partial charge in [0.1, 0.15) is 17.9 Å². The van der Waals surface area contributed by atoms with E-state index in [2.05, 4.69) is 15.6 Å². The molecule has 0 saturated carbocycles. The Morgan fingerprint density at radius 3 is 2.67 bits per heavy atom. The van der Waals surface area contributed by atoms with Gasteiger partial charge in [0.05, 0.1) is 16.2 Å². The van der Waals surface area contributed by atoms with E-state index in [0.29, 0.717) is 17.8 Å². The lowest BCUT2D eigenvalue weighted by Gasteiger charge is -2.35. The molecule has 3 aromatic rings. The monoisotopic (exact) mass is 475 g/mol. The molecule has 33 heavy (non-hydrogen) atoms. The largest absolute Gasteiger partial charge is 0.451 e. The second-order valence-electron chi connectivity index (χ2n) is 8.48. The summed E-state index contributed by atoms with van der Waals surface area (Å²) in [6.07, 6.45) is 2.67. The number of hydrogen-bond donors (Lipinski definition) is 2. The van der Waals surface area contributed by atoms with E-state index in [9.17, 15) is 12.8 Å². The highest BCUT2D eigenvalue weighted by Gasteiger charge is 2.42. The molecule has 0 aliphatic carbocycles. The van der Waals surface area contributed by atoms with Gasteiger partial charge in [0.2, 0.25) is 0 Å². The van der Waals surface area contributed by atoms with Crippen molar-refractivity contribution in [1.29, 1.82) is 0 Å². The van der Waals surface area contributed by atoms with Crippen molar-refractivity contribution in [2.45, 2.75) is 49.4 Å². The first-order chi connectivity index (χ1) is 15.8. The minimum Gasteiger partial charge on any atom is -0.451 e. The highest BCUT2D eigenvalue weighted by atomic mass is 32.2. The first-order valence-electron chi connectivity index (χ1n) is 10.9. The Hall–Kier alpha value is -2.62. The number of hydrogen-bond acceptors (Lipinski definition) is 6. The van der Waals surface area contributed by atoms with Crippen LogP contribution in [0.2, 0.25) is 0 Å². The van der Waals surface area contributed by atoms with Crippen LogP contribution < -0.4 is 10.6 Å². The van der Waals surface area contributed by atoms with Crippen LogP contribution in [0.5, 0.6) is 0 Å². The number of oxazole rings is 1. The molecule has 1 aromatic heterocycles. The highest BCUT2D eigenvalue weighted by molar-refractivity contribution is 7.92. The molecular weight excluding hydrogens is 448 g/mol. The van der Waals surface area contributed by atoms with Gasteiger partial charge in [-0.05, 0) is 43.5 Å². The smallest absolute Gasteiger partial charge is 0.180 e. The molecule has 0 amide bonds. The minimum atomic E-state index is -3.63. The van der Waals surface area contributed by atoms with Crippen LogP contribution in [0.3, 0.4) is 0 Å². The van der Waals surface area contributed by atoms with Crippen LogP contribution in [-0.2, 0) is 22.8 Å². The zero-order valence-electron chi connectivity index (χ0n) is 18.5. The van der Waals surface area contributed by atoms with Gasteiger partial charge in [-0.3, -0.25) is 0 Å². The number of benzene rings is 2. The molecule has 2 N–H and O–H groups in total. The van der Waals surface area contributed by atoms with Gasteiger partial charge in [0.15, 0.2) is 16.2 Å². The maximum atomic E-state index is 15.0. The average Bonchev–Trinajstić information content (AvgIpc) is 3.31. The van der Waals surface area contributed by atoms with E-state index >= 15 is 4.39 Å². The van der Waals surface area contributed by atoms with Gasteiger partial charge in [-0.15, -0.1) is 0 Å². The molecule has 176 valence electrons. The maximum Gasteiger partial charge on any atom is 0.180 e. The molecule has 2 heterocycles. The molecule has 1 aliphatic rings. The minimum absolute atomic E-state index is 0.0517. The summed E-state index contributed by atoms with van der Waals surface area (Å²) in [5.41, 5.74) is 1.56. The molecule has 6 nitrogen and oxygen atoms in total. The van der Waals surface area contributed by atoms with Crippen molar-refractivity contribution in [3.63, 3.8) is 0 Å². The Morgan fingerprint density at radius 1 is 1.21 bits per heavy atom. The summed E-state index contributed by atoms with van der Waals surface area (Å²) in [6.45, 7) is 4.11. The first kappa shape index (κ1) is 23.5. The standard InChI is InChI=1S/C24H27F2N3O3S/c1-15(27-11-19-13-32-14-29-19)20-10-21(25)18(8-22(20)26)9-23-16(2)28-12-24(33(23,30)31)17-6-4-3-5-7-17/h3-8,10,13-16,23-24,27-28H,9,11-12H2,1-2H3/t15?,16-,23?,24-/m0/s1. The van der Waals surface area contributed by atoms with E-state index in [-0.39, 0.29) is 30.1 Å². The second kappa shape index (κ2) is 9.70. The molecule has 1 fully saturated rings. The predicted octanol–water partition coefficient (Wildman–Crippen LogP) is 3.86. The summed E-state index contributed by atoms with van der Waals surface area (Å²) >= 11 is 0. The van der Waals surface area contributed by atoms with E-state index in [1.165, 1.54) is 12.7 Å². The van der Waals surface area contributed by atoms with Crippen LogP contribution in [0, 0.1) is 11.6 Å². The molecule has 0 bridgehead atoms. The number of aromatic nitrogens is 1. The SMILES string of the molecule is CC(NCc1cocn1)c1cc(F)c(CC2[C@H](C)NC[C@@H](c3ccccc3)S2(=O)=O)cc1F. The van der Waals surface area contributed by atoms with Crippen LogP contribution in [0.15, 0.2) is 59.5 Å². The van der Waals surface area contributed by atoms with Crippen molar-refractivity contribution in [2.75, 3.05) is 6.54 Å². The van der Waals surface area contributed by atoms with Gasteiger partial charge >= 0.3 is 0 Å². The van der Waals surface area contributed by atoms with Gasteiger partial charge in [-0.1, -0.05) is 30.3 Å². The van der Waals surface area contributed by atoms with Gasteiger partial charge in [0, 0.05) is 30.7 Å². The van der Waals surface area contributed by atoms with Crippen molar-refractivity contribution in [3.8, 4) is 0 Å². The lowest BCUT2D eigenvalue weighted by Crippen LogP contribution is -2.53. The number of sulfone groups is 1. The second-order valence-corrected chi connectivity index (χ2v) is 10.8. The van der Waals surface area contributed by atoms with Crippen LogP contribution in [-0.4, -0.2) is 31.2 Å². The van der Waals surface area contributed by atoms with Gasteiger partial charge in [-0.25, -0.2) is 22.2 Å². The fourth-order valence-electron chi connectivity index (χ4n) is 4.31. The van der Waals surface area contributed by atoms with Crippen molar-refractivity contribution in [2.24, 2.45) is 0 Å². The predicted molar refractivity (Wildman–Crippen MR) is 121 cm³/mol. The van der Waals surface area contributed by atoms with Gasteiger partial charge in [0.25, 0.3) is 0 Å². The topological polar surface area (TPSA) is 84.2 Å². The lowest BCUT2D eigenvalue weighted by molar-refractivity contribution is 0.445. The summed E-state index contributed by atoms with van der Waals surface area (Å²) in [5.74, 6) is -1.20. The van der Waals surface area contributed by atoms with E-state index in [0.717, 1.165) is 12.1 Å². The molecule has 1 saturated heterocycles. The third-order valence-electron chi connectivity index (χ3n) is 6.30. The van der Waals surface area contributed by atoms with Crippen LogP contribution in [0.1, 0.15) is 47.5 Å². The highest BCUT2D eigenvalue weighted by Crippen LogP contribution is 2.33. The number of halogens is 2. The summed E-state index contributed by atoms with van der Waals surface area (Å²) < 4.78 is 61.7. The van der Waals surface area contributed by atoms with Crippen molar-refractivity contribution < 1.29 is 21.6 Å². The molecule has 4 atom stereocenters. The van der Waals surface area contributed by atoms with Gasteiger partial charge < -0.3 is 15.1 Å². The third-order valence-corrected chi connectivity index (χ3v) is 8.95. The zero-order chi connectivity index (χ0) is 23.6. The Balaban J connectivity index is 1.54.